The number of anilines is 3. The maximum atomic E-state index is 11.5. The summed E-state index contributed by atoms with van der Waals surface area (Å²) in [6.07, 6.45) is 1.16. The molecule has 25 heavy (non-hydrogen) atoms. The van der Waals surface area contributed by atoms with E-state index < -0.39 is 9.84 Å². The standard InChI is InChI=1S/C17H17N5O2S/c1-11-3-7-13(8-4-11)19-17-21-15(20-16(18)22-17)12-5-9-14(10-6-12)25(2,23)24/h3-10H,1-2H3,(H3,18,19,20,21,22). The number of sulfone groups is 1. The van der Waals surface area contributed by atoms with Crippen molar-refractivity contribution in [1.29, 1.82) is 0 Å². The van der Waals surface area contributed by atoms with E-state index in [-0.39, 0.29) is 10.8 Å². The predicted molar refractivity (Wildman–Crippen MR) is 97.2 cm³/mol. The summed E-state index contributed by atoms with van der Waals surface area (Å²) in [5.74, 6) is 0.757. The molecule has 0 saturated carbocycles. The number of rotatable bonds is 4. The Kier molecular flexibility index (Phi) is 4.37. The lowest BCUT2D eigenvalue weighted by Crippen LogP contribution is -2.05. The third-order valence-corrected chi connectivity index (χ3v) is 4.63. The van der Waals surface area contributed by atoms with Gasteiger partial charge in [0.15, 0.2) is 15.7 Å². The normalized spacial score (nSPS) is 11.3. The Balaban J connectivity index is 1.92. The molecule has 3 rings (SSSR count). The van der Waals surface area contributed by atoms with Gasteiger partial charge in [-0.05, 0) is 43.3 Å². The van der Waals surface area contributed by atoms with E-state index in [0.29, 0.717) is 17.3 Å². The number of nitrogens with one attached hydrogen (secondary N) is 1. The van der Waals surface area contributed by atoms with Gasteiger partial charge in [0.05, 0.1) is 4.90 Å². The summed E-state index contributed by atoms with van der Waals surface area (Å²) in [7, 11) is -3.25. The number of hydrogen-bond donors (Lipinski definition) is 2. The van der Waals surface area contributed by atoms with Gasteiger partial charge in [0, 0.05) is 17.5 Å². The minimum Gasteiger partial charge on any atom is -0.368 e. The molecule has 0 aliphatic heterocycles. The molecule has 8 heteroatoms. The summed E-state index contributed by atoms with van der Waals surface area (Å²) < 4.78 is 23.1. The lowest BCUT2D eigenvalue weighted by Gasteiger charge is -2.08. The van der Waals surface area contributed by atoms with E-state index in [1.807, 2.05) is 31.2 Å². The summed E-state index contributed by atoms with van der Waals surface area (Å²) in [6, 6.07) is 14.1. The Morgan fingerprint density at radius 2 is 1.56 bits per heavy atom. The SMILES string of the molecule is Cc1ccc(Nc2nc(N)nc(-c3ccc(S(C)(=O)=O)cc3)n2)cc1. The summed E-state index contributed by atoms with van der Waals surface area (Å²) in [6.45, 7) is 2.00. The highest BCUT2D eigenvalue weighted by Crippen LogP contribution is 2.21. The van der Waals surface area contributed by atoms with Gasteiger partial charge in [0.25, 0.3) is 0 Å². The van der Waals surface area contributed by atoms with Gasteiger partial charge in [-0.1, -0.05) is 17.7 Å². The number of nitrogens with zero attached hydrogens (tertiary/aromatic N) is 3. The molecule has 0 aliphatic rings. The fourth-order valence-electron chi connectivity index (χ4n) is 2.19. The molecule has 0 saturated heterocycles. The summed E-state index contributed by atoms with van der Waals surface area (Å²) in [5.41, 5.74) is 8.40. The monoisotopic (exact) mass is 355 g/mol. The predicted octanol–water partition coefficient (Wildman–Crippen LogP) is 2.58. The smallest absolute Gasteiger partial charge is 0.232 e. The first-order valence-corrected chi connectivity index (χ1v) is 9.36. The minimum absolute atomic E-state index is 0.0757. The van der Waals surface area contributed by atoms with Crippen molar-refractivity contribution in [2.45, 2.75) is 11.8 Å². The van der Waals surface area contributed by atoms with Gasteiger partial charge in [0.1, 0.15) is 0 Å². The number of aromatic nitrogens is 3. The molecule has 0 aliphatic carbocycles. The topological polar surface area (TPSA) is 111 Å². The van der Waals surface area contributed by atoms with Crippen molar-refractivity contribution in [3.63, 3.8) is 0 Å². The van der Waals surface area contributed by atoms with Gasteiger partial charge in [-0.3, -0.25) is 0 Å². The van der Waals surface area contributed by atoms with Crippen LogP contribution < -0.4 is 11.1 Å². The zero-order valence-corrected chi connectivity index (χ0v) is 14.6. The van der Waals surface area contributed by atoms with Crippen molar-refractivity contribution in [2.75, 3.05) is 17.3 Å². The highest BCUT2D eigenvalue weighted by molar-refractivity contribution is 7.90. The van der Waals surface area contributed by atoms with Crippen LogP contribution in [0.15, 0.2) is 53.4 Å². The van der Waals surface area contributed by atoms with Crippen molar-refractivity contribution < 1.29 is 8.42 Å². The largest absolute Gasteiger partial charge is 0.368 e. The quantitative estimate of drug-likeness (QED) is 0.740. The second kappa shape index (κ2) is 6.48. The number of benzene rings is 2. The maximum Gasteiger partial charge on any atom is 0.232 e. The average molecular weight is 355 g/mol. The maximum absolute atomic E-state index is 11.5. The summed E-state index contributed by atoms with van der Waals surface area (Å²) >= 11 is 0. The molecular weight excluding hydrogens is 338 g/mol. The van der Waals surface area contributed by atoms with Crippen molar-refractivity contribution in [1.82, 2.24) is 15.0 Å². The molecule has 128 valence electrons. The first kappa shape index (κ1) is 16.8. The van der Waals surface area contributed by atoms with Crippen LogP contribution >= 0.6 is 0 Å². The molecule has 7 nitrogen and oxygen atoms in total. The van der Waals surface area contributed by atoms with Gasteiger partial charge in [0.2, 0.25) is 11.9 Å². The molecule has 0 atom stereocenters. The van der Waals surface area contributed by atoms with Gasteiger partial charge < -0.3 is 11.1 Å². The van der Waals surface area contributed by atoms with E-state index in [0.717, 1.165) is 17.5 Å². The second-order valence-corrected chi connectivity index (χ2v) is 7.64. The Labute approximate surface area is 145 Å². The first-order valence-electron chi connectivity index (χ1n) is 7.47. The zero-order valence-electron chi connectivity index (χ0n) is 13.8. The van der Waals surface area contributed by atoms with Gasteiger partial charge >= 0.3 is 0 Å². The van der Waals surface area contributed by atoms with Crippen LogP contribution in [0.3, 0.4) is 0 Å². The van der Waals surface area contributed by atoms with Crippen LogP contribution in [-0.2, 0) is 9.84 Å². The molecule has 0 radical (unpaired) electrons. The Morgan fingerprint density at radius 3 is 2.16 bits per heavy atom. The first-order chi connectivity index (χ1) is 11.8. The van der Waals surface area contributed by atoms with Crippen molar-refractivity contribution in [3.8, 4) is 11.4 Å². The second-order valence-electron chi connectivity index (χ2n) is 5.63. The summed E-state index contributed by atoms with van der Waals surface area (Å²) in [5, 5.41) is 3.08. The molecule has 0 spiro atoms. The lowest BCUT2D eigenvalue weighted by molar-refractivity contribution is 0.602. The van der Waals surface area contributed by atoms with E-state index in [2.05, 4.69) is 20.3 Å². The lowest BCUT2D eigenvalue weighted by atomic mass is 10.2. The highest BCUT2D eigenvalue weighted by Gasteiger charge is 2.10. The van der Waals surface area contributed by atoms with E-state index >= 15 is 0 Å². The third kappa shape index (κ3) is 4.10. The fourth-order valence-corrected chi connectivity index (χ4v) is 2.82. The van der Waals surface area contributed by atoms with E-state index in [1.165, 1.54) is 12.1 Å². The average Bonchev–Trinajstić information content (AvgIpc) is 2.56. The van der Waals surface area contributed by atoms with Gasteiger partial charge in [-0.15, -0.1) is 0 Å². The molecule has 0 amide bonds. The fraction of sp³-hybridized carbons (Fsp3) is 0.118. The van der Waals surface area contributed by atoms with Crippen LogP contribution in [0.1, 0.15) is 5.56 Å². The Hall–Kier alpha value is -3.00. The molecule has 2 aromatic carbocycles. The molecule has 3 N–H and O–H groups in total. The van der Waals surface area contributed by atoms with E-state index in [9.17, 15) is 8.42 Å². The molecule has 1 aromatic heterocycles. The third-order valence-electron chi connectivity index (χ3n) is 3.50. The molecule has 1 heterocycles. The molecule has 0 fully saturated rings. The number of aryl methyl sites for hydroxylation is 1. The molecular formula is C17H17N5O2S. The van der Waals surface area contributed by atoms with Crippen molar-refractivity contribution in [2.24, 2.45) is 0 Å². The van der Waals surface area contributed by atoms with E-state index in [4.69, 9.17) is 5.73 Å². The van der Waals surface area contributed by atoms with Crippen LogP contribution in [0.25, 0.3) is 11.4 Å². The van der Waals surface area contributed by atoms with E-state index in [1.54, 1.807) is 12.1 Å². The van der Waals surface area contributed by atoms with Crippen LogP contribution in [0.4, 0.5) is 17.6 Å². The zero-order chi connectivity index (χ0) is 18.0. The van der Waals surface area contributed by atoms with Crippen molar-refractivity contribution in [3.05, 3.63) is 54.1 Å². The molecule has 0 unspecified atom stereocenters. The van der Waals surface area contributed by atoms with Gasteiger partial charge in [-0.2, -0.15) is 15.0 Å². The number of nitrogen functional groups attached to an aromatic ring is 1. The summed E-state index contributed by atoms with van der Waals surface area (Å²) in [4.78, 5) is 12.8. The number of hydrogen-bond acceptors (Lipinski definition) is 7. The van der Waals surface area contributed by atoms with Crippen LogP contribution in [0, 0.1) is 6.92 Å². The van der Waals surface area contributed by atoms with Gasteiger partial charge in [-0.25, -0.2) is 8.42 Å². The molecule has 0 bridgehead atoms. The molecule has 3 aromatic rings. The Morgan fingerprint density at radius 1 is 0.920 bits per heavy atom. The van der Waals surface area contributed by atoms with Crippen LogP contribution in [-0.4, -0.2) is 29.6 Å². The van der Waals surface area contributed by atoms with Crippen molar-refractivity contribution >= 4 is 27.4 Å². The van der Waals surface area contributed by atoms with Crippen LogP contribution in [0.5, 0.6) is 0 Å². The minimum atomic E-state index is -3.25. The van der Waals surface area contributed by atoms with Crippen LogP contribution in [0.2, 0.25) is 0 Å². The number of nitrogens with two attached hydrogens (primary N) is 1. The highest BCUT2D eigenvalue weighted by atomic mass is 32.2. The Bertz CT molecular complexity index is 1000.